The van der Waals surface area contributed by atoms with E-state index in [-0.39, 0.29) is 5.82 Å². The van der Waals surface area contributed by atoms with Crippen LogP contribution < -0.4 is 5.73 Å². The third kappa shape index (κ3) is 1.93. The first-order valence-electron chi connectivity index (χ1n) is 3.39. The highest BCUT2D eigenvalue weighted by Crippen LogP contribution is 2.30. The number of carboxylic acid groups (broad SMARTS) is 1. The molecular formula is C7H5F3N2O2. The molecule has 0 atom stereocenters. The van der Waals surface area contributed by atoms with Gasteiger partial charge < -0.3 is 10.8 Å². The Balaban J connectivity index is 3.38. The molecule has 1 heterocycles. The minimum Gasteiger partial charge on any atom is -0.478 e. The molecule has 0 aromatic carbocycles. The van der Waals surface area contributed by atoms with Crippen molar-refractivity contribution >= 4 is 11.8 Å². The molecule has 1 aromatic heterocycles. The predicted octanol–water partition coefficient (Wildman–Crippen LogP) is 1.38. The summed E-state index contributed by atoms with van der Waals surface area (Å²) in [6.45, 7) is 0. The first-order chi connectivity index (χ1) is 6.32. The summed E-state index contributed by atoms with van der Waals surface area (Å²) in [4.78, 5) is 13.3. The zero-order valence-corrected chi connectivity index (χ0v) is 6.67. The molecule has 0 aliphatic heterocycles. The van der Waals surface area contributed by atoms with Gasteiger partial charge in [0.2, 0.25) is 0 Å². The Morgan fingerprint density at radius 1 is 1.43 bits per heavy atom. The first-order valence-corrected chi connectivity index (χ1v) is 3.39. The monoisotopic (exact) mass is 206 g/mol. The minimum absolute atomic E-state index is 0.373. The molecule has 0 aliphatic rings. The second-order valence-electron chi connectivity index (χ2n) is 2.44. The number of anilines is 1. The quantitative estimate of drug-likeness (QED) is 0.727. The van der Waals surface area contributed by atoms with Crippen LogP contribution in [0.5, 0.6) is 0 Å². The van der Waals surface area contributed by atoms with E-state index in [4.69, 9.17) is 10.8 Å². The number of carbonyl (C=O) groups is 1. The maximum Gasteiger partial charge on any atom is 0.434 e. The van der Waals surface area contributed by atoms with Gasteiger partial charge in [-0.15, -0.1) is 0 Å². The number of alkyl halides is 3. The molecule has 14 heavy (non-hydrogen) atoms. The largest absolute Gasteiger partial charge is 0.478 e. The number of nitrogen functional groups attached to an aromatic ring is 1. The van der Waals surface area contributed by atoms with Crippen LogP contribution in [0.1, 0.15) is 16.1 Å². The highest BCUT2D eigenvalue weighted by atomic mass is 19.4. The van der Waals surface area contributed by atoms with Crippen LogP contribution in [-0.2, 0) is 6.18 Å². The van der Waals surface area contributed by atoms with Crippen molar-refractivity contribution in [1.29, 1.82) is 0 Å². The van der Waals surface area contributed by atoms with Gasteiger partial charge in [0.15, 0.2) is 5.69 Å². The maximum absolute atomic E-state index is 12.2. The molecule has 0 aliphatic carbocycles. The zero-order valence-electron chi connectivity index (χ0n) is 6.67. The highest BCUT2D eigenvalue weighted by molar-refractivity contribution is 5.89. The number of carboxylic acids is 1. The lowest BCUT2D eigenvalue weighted by atomic mass is 10.2. The highest BCUT2D eigenvalue weighted by Gasteiger charge is 2.37. The topological polar surface area (TPSA) is 76.2 Å². The summed E-state index contributed by atoms with van der Waals surface area (Å²) < 4.78 is 36.6. The average Bonchev–Trinajstić information content (AvgIpc) is 2.01. The van der Waals surface area contributed by atoms with Crippen LogP contribution in [0.15, 0.2) is 12.1 Å². The van der Waals surface area contributed by atoms with E-state index >= 15 is 0 Å². The van der Waals surface area contributed by atoms with Crippen molar-refractivity contribution in [3.8, 4) is 0 Å². The second-order valence-corrected chi connectivity index (χ2v) is 2.44. The van der Waals surface area contributed by atoms with Gasteiger partial charge in [-0.3, -0.25) is 0 Å². The normalized spacial score (nSPS) is 11.4. The fraction of sp³-hybridized carbons (Fsp3) is 0.143. The van der Waals surface area contributed by atoms with Gasteiger partial charge in [0.1, 0.15) is 5.82 Å². The molecule has 76 valence electrons. The van der Waals surface area contributed by atoms with E-state index in [0.717, 1.165) is 12.1 Å². The number of pyridine rings is 1. The molecule has 0 saturated carbocycles. The molecule has 0 spiro atoms. The van der Waals surface area contributed by atoms with Crippen LogP contribution in [0.3, 0.4) is 0 Å². The number of aromatic carboxylic acids is 1. The molecule has 1 rings (SSSR count). The van der Waals surface area contributed by atoms with E-state index in [0.29, 0.717) is 0 Å². The summed E-state index contributed by atoms with van der Waals surface area (Å²) in [5, 5.41) is 8.44. The SMILES string of the molecule is Nc1ccc(C(=O)O)c(C(F)(F)F)n1. The van der Waals surface area contributed by atoms with Crippen molar-refractivity contribution in [1.82, 2.24) is 4.98 Å². The third-order valence-electron chi connectivity index (χ3n) is 1.42. The molecule has 0 radical (unpaired) electrons. The number of halogens is 3. The standard InChI is InChI=1S/C7H5F3N2O2/c8-7(9,10)5-3(6(13)14)1-2-4(11)12-5/h1-2H,(H2,11,12)(H,13,14). The van der Waals surface area contributed by atoms with Crippen molar-refractivity contribution in [3.63, 3.8) is 0 Å². The summed E-state index contributed by atoms with van der Waals surface area (Å²) in [6.07, 6.45) is -4.82. The first kappa shape index (κ1) is 10.3. The number of hydrogen-bond acceptors (Lipinski definition) is 3. The zero-order chi connectivity index (χ0) is 10.9. The van der Waals surface area contributed by atoms with E-state index in [1.807, 2.05) is 0 Å². The van der Waals surface area contributed by atoms with Gasteiger partial charge in [-0.1, -0.05) is 0 Å². The Kier molecular flexibility index (Phi) is 2.33. The van der Waals surface area contributed by atoms with Gasteiger partial charge in [-0.25, -0.2) is 9.78 Å². The van der Waals surface area contributed by atoms with Crippen LogP contribution in [-0.4, -0.2) is 16.1 Å². The van der Waals surface area contributed by atoms with E-state index in [2.05, 4.69) is 4.98 Å². The molecule has 0 unspecified atom stereocenters. The molecule has 4 nitrogen and oxygen atoms in total. The summed E-state index contributed by atoms with van der Waals surface area (Å²) >= 11 is 0. The summed E-state index contributed by atoms with van der Waals surface area (Å²) in [7, 11) is 0. The van der Waals surface area contributed by atoms with Crippen molar-refractivity contribution in [2.24, 2.45) is 0 Å². The Morgan fingerprint density at radius 2 is 2.00 bits per heavy atom. The van der Waals surface area contributed by atoms with Crippen LogP contribution in [0.4, 0.5) is 19.0 Å². The number of nitrogens with two attached hydrogens (primary N) is 1. The molecular weight excluding hydrogens is 201 g/mol. The maximum atomic E-state index is 12.2. The molecule has 0 bridgehead atoms. The minimum atomic E-state index is -4.82. The number of rotatable bonds is 1. The van der Waals surface area contributed by atoms with Gasteiger partial charge >= 0.3 is 12.1 Å². The van der Waals surface area contributed by atoms with E-state index in [9.17, 15) is 18.0 Å². The Hall–Kier alpha value is -1.79. The van der Waals surface area contributed by atoms with Crippen LogP contribution in [0.25, 0.3) is 0 Å². The number of hydrogen-bond donors (Lipinski definition) is 2. The van der Waals surface area contributed by atoms with Crippen molar-refractivity contribution in [2.45, 2.75) is 6.18 Å². The van der Waals surface area contributed by atoms with Gasteiger partial charge in [-0.2, -0.15) is 13.2 Å². The third-order valence-corrected chi connectivity index (χ3v) is 1.42. The molecule has 0 amide bonds. The van der Waals surface area contributed by atoms with E-state index in [1.165, 1.54) is 0 Å². The Labute approximate surface area is 76.2 Å². The van der Waals surface area contributed by atoms with Crippen LogP contribution >= 0.6 is 0 Å². The van der Waals surface area contributed by atoms with Gasteiger partial charge in [0.25, 0.3) is 0 Å². The van der Waals surface area contributed by atoms with Gasteiger partial charge in [0.05, 0.1) is 5.56 Å². The van der Waals surface area contributed by atoms with Gasteiger partial charge in [-0.05, 0) is 12.1 Å². The molecule has 0 fully saturated rings. The van der Waals surface area contributed by atoms with E-state index < -0.39 is 23.4 Å². The Morgan fingerprint density at radius 3 is 2.43 bits per heavy atom. The average molecular weight is 206 g/mol. The summed E-state index contributed by atoms with van der Waals surface area (Å²) in [5.74, 6) is -2.06. The van der Waals surface area contributed by atoms with Crippen molar-refractivity contribution in [2.75, 3.05) is 5.73 Å². The lowest BCUT2D eigenvalue weighted by molar-refractivity contribution is -0.141. The molecule has 0 saturated heterocycles. The van der Waals surface area contributed by atoms with Crippen LogP contribution in [0.2, 0.25) is 0 Å². The summed E-state index contributed by atoms with van der Waals surface area (Å²) in [5.41, 5.74) is 2.63. The molecule has 7 heteroatoms. The van der Waals surface area contributed by atoms with E-state index in [1.54, 1.807) is 0 Å². The summed E-state index contributed by atoms with van der Waals surface area (Å²) in [6, 6.07) is 1.77. The smallest absolute Gasteiger partial charge is 0.434 e. The fourth-order valence-electron chi connectivity index (χ4n) is 0.863. The van der Waals surface area contributed by atoms with Crippen LogP contribution in [0, 0.1) is 0 Å². The second kappa shape index (κ2) is 3.17. The Bertz CT molecular complexity index is 376. The lowest BCUT2D eigenvalue weighted by Gasteiger charge is -2.08. The molecule has 3 N–H and O–H groups in total. The van der Waals surface area contributed by atoms with Crippen molar-refractivity contribution in [3.05, 3.63) is 23.4 Å². The number of aromatic nitrogens is 1. The molecule has 1 aromatic rings. The fourth-order valence-corrected chi connectivity index (χ4v) is 0.863. The lowest BCUT2D eigenvalue weighted by Crippen LogP contribution is -2.16. The predicted molar refractivity (Wildman–Crippen MR) is 40.6 cm³/mol. The van der Waals surface area contributed by atoms with Gasteiger partial charge in [0, 0.05) is 0 Å². The van der Waals surface area contributed by atoms with Crippen molar-refractivity contribution < 1.29 is 23.1 Å². The number of nitrogens with zero attached hydrogens (tertiary/aromatic N) is 1.